The number of rotatable bonds is 6. The molecule has 0 fully saturated rings. The summed E-state index contributed by atoms with van der Waals surface area (Å²) in [6.07, 6.45) is 1.31. The zero-order valence-electron chi connectivity index (χ0n) is 12.0. The van der Waals surface area contributed by atoms with Crippen molar-refractivity contribution in [2.75, 3.05) is 13.1 Å². The van der Waals surface area contributed by atoms with Gasteiger partial charge in [0.05, 0.1) is 16.8 Å². The molecule has 4 heteroatoms. The predicted molar refractivity (Wildman–Crippen MR) is 78.2 cm³/mol. The van der Waals surface area contributed by atoms with Gasteiger partial charge in [0, 0.05) is 18.9 Å². The van der Waals surface area contributed by atoms with Crippen LogP contribution in [0.15, 0.2) is 24.3 Å². The molecule has 0 spiro atoms. The monoisotopic (exact) mass is 261 g/mol. The molecule has 19 heavy (non-hydrogen) atoms. The van der Waals surface area contributed by atoms with Gasteiger partial charge in [-0.15, -0.1) is 0 Å². The molecule has 0 aliphatic rings. The Kier molecular flexibility index (Phi) is 4.22. The van der Waals surface area contributed by atoms with E-state index in [0.717, 1.165) is 36.1 Å². The van der Waals surface area contributed by atoms with Crippen LogP contribution in [0.5, 0.6) is 0 Å². The Morgan fingerprint density at radius 1 is 1.37 bits per heavy atom. The Labute approximate surface area is 114 Å². The van der Waals surface area contributed by atoms with Crippen molar-refractivity contribution in [3.63, 3.8) is 0 Å². The molecule has 0 saturated heterocycles. The molecule has 2 aromatic rings. The van der Waals surface area contributed by atoms with Crippen molar-refractivity contribution in [3.8, 4) is 0 Å². The topological polar surface area (TPSA) is 50.1 Å². The number of nitrogens with one attached hydrogen (secondary N) is 1. The fraction of sp³-hybridized carbons (Fsp3) is 0.533. The molecule has 0 bridgehead atoms. The van der Waals surface area contributed by atoms with Gasteiger partial charge in [0.1, 0.15) is 0 Å². The molecular weight excluding hydrogens is 238 g/mol. The van der Waals surface area contributed by atoms with Crippen molar-refractivity contribution < 1.29 is 5.11 Å². The van der Waals surface area contributed by atoms with E-state index in [0.29, 0.717) is 6.42 Å². The van der Waals surface area contributed by atoms with Gasteiger partial charge in [-0.1, -0.05) is 25.1 Å². The first-order valence-corrected chi connectivity index (χ1v) is 6.87. The molecule has 0 aliphatic carbocycles. The van der Waals surface area contributed by atoms with E-state index in [-0.39, 0.29) is 0 Å². The average Bonchev–Trinajstić information content (AvgIpc) is 2.67. The zero-order valence-corrected chi connectivity index (χ0v) is 12.0. The van der Waals surface area contributed by atoms with E-state index in [1.807, 2.05) is 30.8 Å². The van der Waals surface area contributed by atoms with E-state index in [2.05, 4.69) is 29.5 Å². The molecule has 0 saturated carbocycles. The third-order valence-electron chi connectivity index (χ3n) is 3.47. The summed E-state index contributed by atoms with van der Waals surface area (Å²) in [4.78, 5) is 0. The molecule has 1 atom stereocenters. The summed E-state index contributed by atoms with van der Waals surface area (Å²) in [5.41, 5.74) is 1.36. The number of benzene rings is 1. The molecule has 2 N–H and O–H groups in total. The molecule has 1 unspecified atom stereocenters. The molecule has 0 radical (unpaired) electrons. The first-order chi connectivity index (χ1) is 9.03. The van der Waals surface area contributed by atoms with E-state index in [1.54, 1.807) is 0 Å². The lowest BCUT2D eigenvalue weighted by Crippen LogP contribution is -2.32. The van der Waals surface area contributed by atoms with Crippen LogP contribution in [0.25, 0.3) is 10.9 Å². The Morgan fingerprint density at radius 2 is 2.11 bits per heavy atom. The maximum absolute atomic E-state index is 10.5. The summed E-state index contributed by atoms with van der Waals surface area (Å²) in [5, 5.41) is 19.4. The van der Waals surface area contributed by atoms with Gasteiger partial charge in [-0.3, -0.25) is 4.68 Å². The van der Waals surface area contributed by atoms with Gasteiger partial charge in [-0.05, 0) is 32.5 Å². The first kappa shape index (κ1) is 14.0. The normalized spacial score (nSPS) is 14.7. The summed E-state index contributed by atoms with van der Waals surface area (Å²) < 4.78 is 1.88. The predicted octanol–water partition coefficient (Wildman–Crippen LogP) is 1.87. The highest BCUT2D eigenvalue weighted by atomic mass is 16.3. The SMILES string of the molecule is CCNCCC(C)(O)Cc1nn(C)c2ccccc12. The number of fused-ring (bicyclic) bond motifs is 1. The lowest BCUT2D eigenvalue weighted by atomic mass is 9.95. The Bertz CT molecular complexity index is 545. The summed E-state index contributed by atoms with van der Waals surface area (Å²) in [6.45, 7) is 5.71. The van der Waals surface area contributed by atoms with Crippen LogP contribution in [0.3, 0.4) is 0 Å². The molecule has 4 nitrogen and oxygen atoms in total. The highest BCUT2D eigenvalue weighted by Gasteiger charge is 2.23. The van der Waals surface area contributed by atoms with Crippen molar-refractivity contribution in [2.24, 2.45) is 7.05 Å². The van der Waals surface area contributed by atoms with Crippen LogP contribution in [0, 0.1) is 0 Å². The second-order valence-corrected chi connectivity index (χ2v) is 5.36. The minimum absolute atomic E-state index is 0.583. The number of nitrogens with zero attached hydrogens (tertiary/aromatic N) is 2. The molecule has 104 valence electrons. The number of hydrogen-bond acceptors (Lipinski definition) is 3. The zero-order chi connectivity index (χ0) is 13.9. The van der Waals surface area contributed by atoms with Gasteiger partial charge >= 0.3 is 0 Å². The van der Waals surface area contributed by atoms with Gasteiger partial charge in [-0.25, -0.2) is 0 Å². The van der Waals surface area contributed by atoms with Crippen molar-refractivity contribution in [3.05, 3.63) is 30.0 Å². The van der Waals surface area contributed by atoms with Crippen molar-refractivity contribution >= 4 is 10.9 Å². The molecular formula is C15H23N3O. The number of hydrogen-bond donors (Lipinski definition) is 2. The summed E-state index contributed by atoms with van der Waals surface area (Å²) >= 11 is 0. The minimum atomic E-state index is -0.723. The van der Waals surface area contributed by atoms with E-state index in [1.165, 1.54) is 0 Å². The van der Waals surface area contributed by atoms with E-state index < -0.39 is 5.60 Å². The first-order valence-electron chi connectivity index (χ1n) is 6.87. The van der Waals surface area contributed by atoms with Crippen molar-refractivity contribution in [2.45, 2.75) is 32.3 Å². The fourth-order valence-corrected chi connectivity index (χ4v) is 2.40. The van der Waals surface area contributed by atoms with Crippen molar-refractivity contribution in [1.29, 1.82) is 0 Å². The highest BCUT2D eigenvalue weighted by Crippen LogP contribution is 2.23. The maximum atomic E-state index is 10.5. The largest absolute Gasteiger partial charge is 0.390 e. The third-order valence-corrected chi connectivity index (χ3v) is 3.47. The van der Waals surface area contributed by atoms with Crippen LogP contribution in [0.2, 0.25) is 0 Å². The highest BCUT2D eigenvalue weighted by molar-refractivity contribution is 5.81. The summed E-state index contributed by atoms with van der Waals surface area (Å²) in [5.74, 6) is 0. The Morgan fingerprint density at radius 3 is 2.84 bits per heavy atom. The third kappa shape index (κ3) is 3.33. The van der Waals surface area contributed by atoms with E-state index >= 15 is 0 Å². The number of aromatic nitrogens is 2. The number of aryl methyl sites for hydroxylation is 1. The molecule has 1 aromatic carbocycles. The molecule has 0 aliphatic heterocycles. The second kappa shape index (κ2) is 5.72. The van der Waals surface area contributed by atoms with Gasteiger partial charge < -0.3 is 10.4 Å². The Hall–Kier alpha value is -1.39. The summed E-state index contributed by atoms with van der Waals surface area (Å²) in [7, 11) is 1.94. The van der Waals surface area contributed by atoms with Gasteiger partial charge in [0.15, 0.2) is 0 Å². The lowest BCUT2D eigenvalue weighted by Gasteiger charge is -2.22. The molecule has 1 heterocycles. The molecule has 2 rings (SSSR count). The van der Waals surface area contributed by atoms with Gasteiger partial charge in [-0.2, -0.15) is 5.10 Å². The van der Waals surface area contributed by atoms with Crippen molar-refractivity contribution in [1.82, 2.24) is 15.1 Å². The van der Waals surface area contributed by atoms with Crippen LogP contribution >= 0.6 is 0 Å². The van der Waals surface area contributed by atoms with Crippen LogP contribution in [0.1, 0.15) is 26.0 Å². The lowest BCUT2D eigenvalue weighted by molar-refractivity contribution is 0.0509. The van der Waals surface area contributed by atoms with Crippen LogP contribution in [-0.4, -0.2) is 33.6 Å². The van der Waals surface area contributed by atoms with E-state index in [4.69, 9.17) is 0 Å². The average molecular weight is 261 g/mol. The van der Waals surface area contributed by atoms with Gasteiger partial charge in [0.2, 0.25) is 0 Å². The van der Waals surface area contributed by atoms with Crippen LogP contribution < -0.4 is 5.32 Å². The number of para-hydroxylation sites is 1. The Balaban J connectivity index is 2.16. The standard InChI is InChI=1S/C15H23N3O/c1-4-16-10-9-15(2,19)11-13-12-7-5-6-8-14(12)18(3)17-13/h5-8,16,19H,4,9-11H2,1-3H3. The van der Waals surface area contributed by atoms with Crippen LogP contribution in [-0.2, 0) is 13.5 Å². The maximum Gasteiger partial charge on any atom is 0.0731 e. The summed E-state index contributed by atoms with van der Waals surface area (Å²) in [6, 6.07) is 8.15. The smallest absolute Gasteiger partial charge is 0.0731 e. The quantitative estimate of drug-likeness (QED) is 0.780. The molecule has 1 aromatic heterocycles. The number of aliphatic hydroxyl groups is 1. The van der Waals surface area contributed by atoms with Gasteiger partial charge in [0.25, 0.3) is 0 Å². The molecule has 0 amide bonds. The fourth-order valence-electron chi connectivity index (χ4n) is 2.40. The van der Waals surface area contributed by atoms with E-state index in [9.17, 15) is 5.11 Å². The van der Waals surface area contributed by atoms with Crippen LogP contribution in [0.4, 0.5) is 0 Å². The second-order valence-electron chi connectivity index (χ2n) is 5.36. The minimum Gasteiger partial charge on any atom is -0.390 e.